The van der Waals surface area contributed by atoms with Crippen molar-refractivity contribution in [3.8, 4) is 5.75 Å². The second-order valence-electron chi connectivity index (χ2n) is 5.40. The van der Waals surface area contributed by atoms with Gasteiger partial charge in [0.2, 0.25) is 5.91 Å². The highest BCUT2D eigenvalue weighted by Gasteiger charge is 2.23. The first-order valence-electron chi connectivity index (χ1n) is 7.06. The minimum Gasteiger partial charge on any atom is -0.496 e. The number of ether oxygens (including phenoxy) is 1. The summed E-state index contributed by atoms with van der Waals surface area (Å²) in [5.74, 6) is 0.717. The fraction of sp³-hybridized carbons (Fsp3) is 0.375. The highest BCUT2D eigenvalue weighted by Crippen LogP contribution is 2.21. The predicted octanol–water partition coefficient (Wildman–Crippen LogP) is 2.29. The van der Waals surface area contributed by atoms with Gasteiger partial charge >= 0.3 is 0 Å². The molecule has 22 heavy (non-hydrogen) atoms. The van der Waals surface area contributed by atoms with Gasteiger partial charge in [0.25, 0.3) is 0 Å². The van der Waals surface area contributed by atoms with Gasteiger partial charge in [0.05, 0.1) is 19.2 Å². The first kappa shape index (κ1) is 16.5. The highest BCUT2D eigenvalue weighted by molar-refractivity contribution is 7.09. The highest BCUT2D eigenvalue weighted by atomic mass is 32.1. The smallest absolute Gasteiger partial charge is 0.234 e. The van der Waals surface area contributed by atoms with Gasteiger partial charge in [0.1, 0.15) is 10.8 Å². The first-order valence-corrected chi connectivity index (χ1v) is 7.94. The lowest BCUT2D eigenvalue weighted by atomic mass is 10.1. The average molecular weight is 319 g/mol. The summed E-state index contributed by atoms with van der Waals surface area (Å²) in [5, 5.41) is 9.02. The molecular weight excluding hydrogens is 298 g/mol. The van der Waals surface area contributed by atoms with Gasteiger partial charge in [-0.15, -0.1) is 11.3 Å². The van der Waals surface area contributed by atoms with E-state index in [9.17, 15) is 4.79 Å². The molecule has 2 aromatic rings. The molecule has 0 saturated heterocycles. The molecule has 1 aromatic heterocycles. The minimum absolute atomic E-state index is 0.0597. The molecule has 0 spiro atoms. The van der Waals surface area contributed by atoms with Crippen molar-refractivity contribution in [3.05, 3.63) is 46.4 Å². The van der Waals surface area contributed by atoms with Gasteiger partial charge in [-0.3, -0.25) is 10.1 Å². The zero-order chi connectivity index (χ0) is 16.0. The number of nitrogens with one attached hydrogen (secondary N) is 2. The number of hydrogen-bond donors (Lipinski definition) is 2. The Morgan fingerprint density at radius 1 is 1.36 bits per heavy atom. The van der Waals surface area contributed by atoms with Crippen molar-refractivity contribution >= 4 is 17.2 Å². The Morgan fingerprint density at radius 3 is 2.82 bits per heavy atom. The van der Waals surface area contributed by atoms with Crippen LogP contribution in [0.3, 0.4) is 0 Å². The molecular formula is C16H21N3O2S. The van der Waals surface area contributed by atoms with Crippen molar-refractivity contribution in [1.29, 1.82) is 0 Å². The van der Waals surface area contributed by atoms with Gasteiger partial charge in [-0.25, -0.2) is 4.98 Å². The number of thiazole rings is 1. The summed E-state index contributed by atoms with van der Waals surface area (Å²) in [6.45, 7) is 4.71. The van der Waals surface area contributed by atoms with Gasteiger partial charge in [-0.1, -0.05) is 18.2 Å². The maximum atomic E-state index is 12.0. The van der Waals surface area contributed by atoms with Crippen molar-refractivity contribution in [2.45, 2.75) is 25.9 Å². The number of methoxy groups -OCH3 is 1. The molecule has 1 aromatic carbocycles. The Bertz CT molecular complexity index is 612. The quantitative estimate of drug-likeness (QED) is 0.822. The molecule has 1 heterocycles. The summed E-state index contributed by atoms with van der Waals surface area (Å²) in [6, 6.07) is 7.65. The van der Waals surface area contributed by atoms with E-state index in [-0.39, 0.29) is 18.0 Å². The van der Waals surface area contributed by atoms with Crippen LogP contribution in [0.1, 0.15) is 24.4 Å². The Labute approximate surface area is 134 Å². The summed E-state index contributed by atoms with van der Waals surface area (Å²) >= 11 is 1.57. The van der Waals surface area contributed by atoms with Gasteiger partial charge < -0.3 is 10.1 Å². The molecule has 0 aliphatic carbocycles. The SMILES string of the molecule is COc1ccccc1CNC(=O)CNC(C)(C)c1nccs1. The molecule has 0 radical (unpaired) electrons. The van der Waals surface area contributed by atoms with Crippen molar-refractivity contribution in [2.75, 3.05) is 13.7 Å². The van der Waals surface area contributed by atoms with E-state index in [1.165, 1.54) is 0 Å². The molecule has 0 atom stereocenters. The molecule has 0 saturated carbocycles. The van der Waals surface area contributed by atoms with Gasteiger partial charge in [-0.05, 0) is 19.9 Å². The van der Waals surface area contributed by atoms with Crippen molar-refractivity contribution in [1.82, 2.24) is 15.6 Å². The lowest BCUT2D eigenvalue weighted by Gasteiger charge is -2.23. The molecule has 1 amide bonds. The zero-order valence-corrected chi connectivity index (χ0v) is 13.9. The molecule has 0 aliphatic heterocycles. The van der Waals surface area contributed by atoms with E-state index in [1.54, 1.807) is 24.6 Å². The number of hydrogen-bond acceptors (Lipinski definition) is 5. The van der Waals surface area contributed by atoms with Crippen LogP contribution in [-0.2, 0) is 16.9 Å². The molecule has 2 N–H and O–H groups in total. The Morgan fingerprint density at radius 2 is 2.14 bits per heavy atom. The second-order valence-corrected chi connectivity index (χ2v) is 6.30. The summed E-state index contributed by atoms with van der Waals surface area (Å²) in [6.07, 6.45) is 1.77. The number of rotatable bonds is 7. The van der Waals surface area contributed by atoms with E-state index < -0.39 is 0 Å². The summed E-state index contributed by atoms with van der Waals surface area (Å²) < 4.78 is 5.27. The lowest BCUT2D eigenvalue weighted by molar-refractivity contribution is -0.120. The molecule has 2 rings (SSSR count). The number of amides is 1. The van der Waals surface area contributed by atoms with Crippen LogP contribution in [0.25, 0.3) is 0 Å². The Kier molecular flexibility index (Phi) is 5.51. The van der Waals surface area contributed by atoms with Crippen LogP contribution in [0.5, 0.6) is 5.75 Å². The second kappa shape index (κ2) is 7.38. The predicted molar refractivity (Wildman–Crippen MR) is 88.0 cm³/mol. The van der Waals surface area contributed by atoms with Crippen LogP contribution in [0, 0.1) is 0 Å². The minimum atomic E-state index is -0.323. The molecule has 0 unspecified atom stereocenters. The summed E-state index contributed by atoms with van der Waals surface area (Å²) in [5.41, 5.74) is 0.633. The van der Waals surface area contributed by atoms with Crippen molar-refractivity contribution in [2.24, 2.45) is 0 Å². The number of nitrogens with zero attached hydrogens (tertiary/aromatic N) is 1. The zero-order valence-electron chi connectivity index (χ0n) is 13.1. The summed E-state index contributed by atoms with van der Waals surface area (Å²) in [7, 11) is 1.62. The topological polar surface area (TPSA) is 63.2 Å². The molecule has 6 heteroatoms. The number of benzene rings is 1. The Balaban J connectivity index is 1.83. The number of carbonyl (C=O) groups excluding carboxylic acids is 1. The third kappa shape index (κ3) is 4.29. The van der Waals surface area contributed by atoms with Crippen molar-refractivity contribution < 1.29 is 9.53 Å². The monoisotopic (exact) mass is 319 g/mol. The van der Waals surface area contributed by atoms with Crippen LogP contribution in [0.2, 0.25) is 0 Å². The maximum Gasteiger partial charge on any atom is 0.234 e. The van der Waals surface area contributed by atoms with Gasteiger partial charge in [0, 0.05) is 23.7 Å². The van der Waals surface area contributed by atoms with E-state index in [2.05, 4.69) is 15.6 Å². The molecule has 0 bridgehead atoms. The van der Waals surface area contributed by atoms with E-state index in [0.717, 1.165) is 16.3 Å². The molecule has 5 nitrogen and oxygen atoms in total. The van der Waals surface area contributed by atoms with Crippen LogP contribution >= 0.6 is 11.3 Å². The average Bonchev–Trinajstić information content (AvgIpc) is 3.06. The largest absolute Gasteiger partial charge is 0.496 e. The fourth-order valence-corrected chi connectivity index (χ4v) is 2.75. The van der Waals surface area contributed by atoms with E-state index >= 15 is 0 Å². The van der Waals surface area contributed by atoms with E-state index in [0.29, 0.717) is 6.54 Å². The standard InChI is InChI=1S/C16H21N3O2S/c1-16(2,15-17-8-9-22-15)19-11-14(20)18-10-12-6-4-5-7-13(12)21-3/h4-9,19H,10-11H2,1-3H3,(H,18,20). The van der Waals surface area contributed by atoms with Gasteiger partial charge in [0.15, 0.2) is 0 Å². The molecule has 0 fully saturated rings. The molecule has 118 valence electrons. The maximum absolute atomic E-state index is 12.0. The molecule has 0 aliphatic rings. The number of para-hydroxylation sites is 1. The van der Waals surface area contributed by atoms with Gasteiger partial charge in [-0.2, -0.15) is 0 Å². The van der Waals surface area contributed by atoms with Crippen LogP contribution in [-0.4, -0.2) is 24.5 Å². The first-order chi connectivity index (χ1) is 10.5. The van der Waals surface area contributed by atoms with E-state index in [1.807, 2.05) is 43.5 Å². The summed E-state index contributed by atoms with van der Waals surface area (Å²) in [4.78, 5) is 16.3. The fourth-order valence-electron chi connectivity index (χ4n) is 2.01. The van der Waals surface area contributed by atoms with Crippen molar-refractivity contribution in [3.63, 3.8) is 0 Å². The van der Waals surface area contributed by atoms with Crippen LogP contribution < -0.4 is 15.4 Å². The Hall–Kier alpha value is -1.92. The third-order valence-corrected chi connectivity index (χ3v) is 4.42. The lowest BCUT2D eigenvalue weighted by Crippen LogP contribution is -2.43. The third-order valence-electron chi connectivity index (χ3n) is 3.33. The van der Waals surface area contributed by atoms with Crippen LogP contribution in [0.4, 0.5) is 0 Å². The number of aromatic nitrogens is 1. The number of carbonyl (C=O) groups is 1. The van der Waals surface area contributed by atoms with Crippen LogP contribution in [0.15, 0.2) is 35.8 Å². The normalized spacial score (nSPS) is 11.2. The van der Waals surface area contributed by atoms with E-state index in [4.69, 9.17) is 4.74 Å².